The zero-order chi connectivity index (χ0) is 15.2. The Morgan fingerprint density at radius 1 is 1.33 bits per heavy atom. The van der Waals surface area contributed by atoms with E-state index in [1.807, 2.05) is 6.07 Å². The quantitative estimate of drug-likeness (QED) is 0.475. The van der Waals surface area contributed by atoms with E-state index in [4.69, 9.17) is 5.26 Å². The standard InChI is InChI=1S/C14H12N4O3/c15-8-1-2-9-17-14(19)7-6-13(16-17)11-4-3-5-12(10-11)18(20)21/h3-7,10H,1-2,9H2. The van der Waals surface area contributed by atoms with Crippen LogP contribution in [0.4, 0.5) is 5.69 Å². The molecule has 0 spiro atoms. The second-order valence-corrected chi connectivity index (χ2v) is 4.35. The van der Waals surface area contributed by atoms with Crippen LogP contribution in [0.5, 0.6) is 0 Å². The summed E-state index contributed by atoms with van der Waals surface area (Å²) in [5.74, 6) is 0. The molecular weight excluding hydrogens is 272 g/mol. The van der Waals surface area contributed by atoms with Gasteiger partial charge in [-0.15, -0.1) is 0 Å². The van der Waals surface area contributed by atoms with Crippen molar-refractivity contribution in [1.82, 2.24) is 9.78 Å². The Balaban J connectivity index is 2.34. The van der Waals surface area contributed by atoms with Crippen molar-refractivity contribution < 1.29 is 4.92 Å². The van der Waals surface area contributed by atoms with Gasteiger partial charge in [-0.05, 0) is 12.5 Å². The third-order valence-corrected chi connectivity index (χ3v) is 2.88. The van der Waals surface area contributed by atoms with Crippen LogP contribution < -0.4 is 5.56 Å². The molecule has 0 bridgehead atoms. The van der Waals surface area contributed by atoms with Crippen molar-refractivity contribution in [3.05, 3.63) is 56.9 Å². The summed E-state index contributed by atoms with van der Waals surface area (Å²) >= 11 is 0. The SMILES string of the molecule is N#CCCCn1nc(-c2cccc([N+](=O)[O-])c2)ccc1=O. The predicted octanol–water partition coefficient (Wildman–Crippen LogP) is 2.12. The maximum atomic E-state index is 11.7. The van der Waals surface area contributed by atoms with Crippen LogP contribution in [-0.2, 0) is 6.54 Å². The second-order valence-electron chi connectivity index (χ2n) is 4.35. The normalized spacial score (nSPS) is 10.0. The van der Waals surface area contributed by atoms with Crippen LogP contribution in [0.1, 0.15) is 12.8 Å². The zero-order valence-corrected chi connectivity index (χ0v) is 11.1. The van der Waals surface area contributed by atoms with Crippen LogP contribution in [0.3, 0.4) is 0 Å². The van der Waals surface area contributed by atoms with Gasteiger partial charge in [0.1, 0.15) is 0 Å². The van der Waals surface area contributed by atoms with Crippen LogP contribution in [0.2, 0.25) is 0 Å². The van der Waals surface area contributed by atoms with E-state index in [-0.39, 0.29) is 11.2 Å². The first kappa shape index (κ1) is 14.4. The molecule has 1 aromatic heterocycles. The second kappa shape index (κ2) is 6.43. The highest BCUT2D eigenvalue weighted by molar-refractivity contribution is 5.61. The number of aryl methyl sites for hydroxylation is 1. The average molecular weight is 284 g/mol. The van der Waals surface area contributed by atoms with Crippen molar-refractivity contribution in [1.29, 1.82) is 5.26 Å². The lowest BCUT2D eigenvalue weighted by Gasteiger charge is -2.06. The Morgan fingerprint density at radius 3 is 2.86 bits per heavy atom. The largest absolute Gasteiger partial charge is 0.270 e. The molecule has 0 radical (unpaired) electrons. The lowest BCUT2D eigenvalue weighted by atomic mass is 10.1. The first-order valence-electron chi connectivity index (χ1n) is 6.32. The Morgan fingerprint density at radius 2 is 2.14 bits per heavy atom. The topological polar surface area (TPSA) is 102 Å². The van der Waals surface area contributed by atoms with Crippen LogP contribution >= 0.6 is 0 Å². The number of non-ortho nitro benzene ring substituents is 1. The van der Waals surface area contributed by atoms with E-state index in [1.165, 1.54) is 28.9 Å². The van der Waals surface area contributed by atoms with E-state index in [2.05, 4.69) is 5.10 Å². The van der Waals surface area contributed by atoms with Gasteiger partial charge >= 0.3 is 0 Å². The molecule has 0 N–H and O–H groups in total. The van der Waals surface area contributed by atoms with Gasteiger partial charge in [0.05, 0.1) is 16.7 Å². The van der Waals surface area contributed by atoms with Crippen LogP contribution in [0, 0.1) is 21.4 Å². The Labute approximate surface area is 120 Å². The van der Waals surface area contributed by atoms with Gasteiger partial charge in [0.2, 0.25) is 0 Å². The lowest BCUT2D eigenvalue weighted by Crippen LogP contribution is -2.22. The summed E-state index contributed by atoms with van der Waals surface area (Å²) in [4.78, 5) is 22.0. The molecule has 7 nitrogen and oxygen atoms in total. The molecule has 2 aromatic rings. The van der Waals surface area contributed by atoms with E-state index in [0.29, 0.717) is 30.6 Å². The van der Waals surface area contributed by atoms with Crippen LogP contribution in [0.25, 0.3) is 11.3 Å². The first-order valence-corrected chi connectivity index (χ1v) is 6.32. The van der Waals surface area contributed by atoms with Crippen molar-refractivity contribution >= 4 is 5.69 Å². The van der Waals surface area contributed by atoms with Gasteiger partial charge in [-0.1, -0.05) is 12.1 Å². The summed E-state index contributed by atoms with van der Waals surface area (Å²) in [6.45, 7) is 0.342. The van der Waals surface area contributed by atoms with Crippen molar-refractivity contribution in [3.63, 3.8) is 0 Å². The summed E-state index contributed by atoms with van der Waals surface area (Å²) in [6.07, 6.45) is 0.872. The molecule has 21 heavy (non-hydrogen) atoms. The molecule has 0 fully saturated rings. The summed E-state index contributed by atoms with van der Waals surface area (Å²) in [6, 6.07) is 11.0. The molecule has 0 aliphatic rings. The van der Waals surface area contributed by atoms with Gasteiger partial charge < -0.3 is 0 Å². The Bertz CT molecular complexity index is 761. The Hall–Kier alpha value is -3.01. The molecule has 0 aliphatic heterocycles. The van der Waals surface area contributed by atoms with Gasteiger partial charge in [0.25, 0.3) is 11.2 Å². The molecular formula is C14H12N4O3. The van der Waals surface area contributed by atoms with E-state index in [9.17, 15) is 14.9 Å². The van der Waals surface area contributed by atoms with E-state index >= 15 is 0 Å². The van der Waals surface area contributed by atoms with Crippen molar-refractivity contribution in [2.45, 2.75) is 19.4 Å². The fourth-order valence-electron chi connectivity index (χ4n) is 1.85. The highest BCUT2D eigenvalue weighted by Crippen LogP contribution is 2.21. The smallest absolute Gasteiger partial charge is 0.268 e. The van der Waals surface area contributed by atoms with E-state index in [1.54, 1.807) is 12.1 Å². The number of nitro benzene ring substituents is 1. The van der Waals surface area contributed by atoms with Crippen LogP contribution in [-0.4, -0.2) is 14.7 Å². The molecule has 0 saturated carbocycles. The minimum atomic E-state index is -0.480. The van der Waals surface area contributed by atoms with Crippen molar-refractivity contribution in [2.75, 3.05) is 0 Å². The summed E-state index contributed by atoms with van der Waals surface area (Å²) in [5, 5.41) is 23.5. The molecule has 7 heteroatoms. The molecule has 106 valence electrons. The predicted molar refractivity (Wildman–Crippen MR) is 75.4 cm³/mol. The number of rotatable bonds is 5. The maximum absolute atomic E-state index is 11.7. The third kappa shape index (κ3) is 3.51. The molecule has 0 saturated heterocycles. The number of hydrogen-bond acceptors (Lipinski definition) is 5. The third-order valence-electron chi connectivity index (χ3n) is 2.88. The maximum Gasteiger partial charge on any atom is 0.270 e. The van der Waals surface area contributed by atoms with Gasteiger partial charge in [-0.3, -0.25) is 14.9 Å². The number of unbranched alkanes of at least 4 members (excludes halogenated alkanes) is 1. The fourth-order valence-corrected chi connectivity index (χ4v) is 1.85. The molecule has 0 amide bonds. The average Bonchev–Trinajstić information content (AvgIpc) is 2.49. The summed E-state index contributed by atoms with van der Waals surface area (Å²) in [7, 11) is 0. The number of nitro groups is 1. The van der Waals surface area contributed by atoms with Crippen molar-refractivity contribution in [2.24, 2.45) is 0 Å². The molecule has 0 atom stereocenters. The minimum Gasteiger partial charge on any atom is -0.268 e. The lowest BCUT2D eigenvalue weighted by molar-refractivity contribution is -0.384. The Kier molecular flexibility index (Phi) is 4.41. The minimum absolute atomic E-state index is 0.0310. The monoisotopic (exact) mass is 284 g/mol. The zero-order valence-electron chi connectivity index (χ0n) is 11.1. The van der Waals surface area contributed by atoms with Crippen molar-refractivity contribution in [3.8, 4) is 17.3 Å². The van der Waals surface area contributed by atoms with Gasteiger partial charge in [-0.2, -0.15) is 10.4 Å². The molecule has 0 unspecified atom stereocenters. The number of nitriles is 1. The van der Waals surface area contributed by atoms with E-state index in [0.717, 1.165) is 0 Å². The van der Waals surface area contributed by atoms with Gasteiger partial charge in [-0.25, -0.2) is 4.68 Å². The molecule has 0 aliphatic carbocycles. The molecule has 2 rings (SSSR count). The van der Waals surface area contributed by atoms with Gasteiger partial charge in [0, 0.05) is 36.7 Å². The molecule has 1 aromatic carbocycles. The van der Waals surface area contributed by atoms with Crippen LogP contribution in [0.15, 0.2) is 41.2 Å². The highest BCUT2D eigenvalue weighted by atomic mass is 16.6. The number of nitrogens with zero attached hydrogens (tertiary/aromatic N) is 4. The molecule has 1 heterocycles. The number of aromatic nitrogens is 2. The van der Waals surface area contributed by atoms with E-state index < -0.39 is 4.92 Å². The van der Waals surface area contributed by atoms with Gasteiger partial charge in [0.15, 0.2) is 0 Å². The number of benzene rings is 1. The summed E-state index contributed by atoms with van der Waals surface area (Å²) < 4.78 is 1.27. The highest BCUT2D eigenvalue weighted by Gasteiger charge is 2.09. The fraction of sp³-hybridized carbons (Fsp3) is 0.214. The summed E-state index contributed by atoms with van der Waals surface area (Å²) in [5.41, 5.74) is 0.757. The number of hydrogen-bond donors (Lipinski definition) is 0. The first-order chi connectivity index (χ1) is 10.1.